The number of amides is 3. The topological polar surface area (TPSA) is 81.7 Å². The Hall–Kier alpha value is -2.08. The van der Waals surface area contributed by atoms with Gasteiger partial charge in [-0.25, -0.2) is 4.79 Å². The summed E-state index contributed by atoms with van der Waals surface area (Å²) in [5.74, 6) is 0.278. The third-order valence-electron chi connectivity index (χ3n) is 6.26. The number of hydrogen-bond acceptors (Lipinski definition) is 3. The van der Waals surface area contributed by atoms with Crippen molar-refractivity contribution in [1.29, 1.82) is 0 Å². The minimum Gasteiger partial charge on any atom is -0.394 e. The van der Waals surface area contributed by atoms with Crippen molar-refractivity contribution in [3.05, 3.63) is 35.9 Å². The molecule has 2 saturated carbocycles. The molecule has 3 fully saturated rings. The summed E-state index contributed by atoms with van der Waals surface area (Å²) < 4.78 is 0. The zero-order valence-electron chi connectivity index (χ0n) is 15.6. The van der Waals surface area contributed by atoms with Gasteiger partial charge in [0.15, 0.2) is 0 Å². The second-order valence-electron chi connectivity index (χ2n) is 8.11. The van der Waals surface area contributed by atoms with Gasteiger partial charge in [0.05, 0.1) is 18.7 Å². The van der Waals surface area contributed by atoms with E-state index in [0.29, 0.717) is 6.54 Å². The van der Waals surface area contributed by atoms with Crippen LogP contribution in [0.1, 0.15) is 50.0 Å². The first-order valence-corrected chi connectivity index (χ1v) is 10.2. The number of aliphatic hydroxyl groups is 1. The normalized spacial score (nSPS) is 27.9. The molecule has 0 radical (unpaired) electrons. The molecule has 2 aliphatic carbocycles. The standard InChI is InChI=1S/C21H29N3O3/c25-13-18-19(14-6-2-1-3-7-14)17(24(18)20(26)15-10-11-15)12-22-21(27)23-16-8-4-5-9-16/h1-3,6-7,15-19,25H,4-5,8-13H2,(H2,22,23,27)/t17-,18+,19-/m1/s1. The van der Waals surface area contributed by atoms with Crippen molar-refractivity contribution >= 4 is 11.9 Å². The molecule has 4 rings (SSSR count). The van der Waals surface area contributed by atoms with Crippen molar-refractivity contribution < 1.29 is 14.7 Å². The molecule has 3 aliphatic rings. The van der Waals surface area contributed by atoms with Crippen molar-refractivity contribution in [2.75, 3.05) is 13.2 Å². The molecule has 6 heteroatoms. The molecular weight excluding hydrogens is 342 g/mol. The van der Waals surface area contributed by atoms with Crippen molar-refractivity contribution in [3.8, 4) is 0 Å². The Morgan fingerprint density at radius 1 is 1.04 bits per heavy atom. The Morgan fingerprint density at radius 2 is 1.74 bits per heavy atom. The lowest BCUT2D eigenvalue weighted by Crippen LogP contribution is -2.69. The molecule has 0 aromatic heterocycles. The number of likely N-dealkylation sites (tertiary alicyclic amines) is 1. The van der Waals surface area contributed by atoms with Gasteiger partial charge in [-0.05, 0) is 31.2 Å². The maximum atomic E-state index is 12.8. The van der Waals surface area contributed by atoms with Gasteiger partial charge in [-0.1, -0.05) is 43.2 Å². The van der Waals surface area contributed by atoms with E-state index in [9.17, 15) is 14.7 Å². The van der Waals surface area contributed by atoms with Crippen LogP contribution >= 0.6 is 0 Å². The number of carbonyl (C=O) groups excluding carboxylic acids is 2. The van der Waals surface area contributed by atoms with Gasteiger partial charge >= 0.3 is 6.03 Å². The van der Waals surface area contributed by atoms with Gasteiger partial charge in [-0.2, -0.15) is 0 Å². The van der Waals surface area contributed by atoms with E-state index in [0.717, 1.165) is 31.2 Å². The zero-order valence-corrected chi connectivity index (χ0v) is 15.6. The fraction of sp³-hybridized carbons (Fsp3) is 0.619. The number of nitrogens with one attached hydrogen (secondary N) is 2. The number of rotatable bonds is 6. The summed E-state index contributed by atoms with van der Waals surface area (Å²) in [4.78, 5) is 26.9. The molecule has 1 aromatic carbocycles. The number of urea groups is 1. The minimum atomic E-state index is -0.204. The van der Waals surface area contributed by atoms with Gasteiger partial charge in [0.2, 0.25) is 5.91 Å². The number of hydrogen-bond donors (Lipinski definition) is 3. The molecule has 1 heterocycles. The predicted molar refractivity (Wildman–Crippen MR) is 102 cm³/mol. The smallest absolute Gasteiger partial charge is 0.315 e. The first-order valence-electron chi connectivity index (χ1n) is 10.2. The van der Waals surface area contributed by atoms with E-state index in [1.165, 1.54) is 12.8 Å². The molecule has 146 valence electrons. The second-order valence-corrected chi connectivity index (χ2v) is 8.11. The predicted octanol–water partition coefficient (Wildman–Crippen LogP) is 1.99. The third kappa shape index (κ3) is 3.81. The van der Waals surface area contributed by atoms with Gasteiger partial charge in [-0.3, -0.25) is 4.79 Å². The molecule has 3 N–H and O–H groups in total. The van der Waals surface area contributed by atoms with Crippen LogP contribution in [0.25, 0.3) is 0 Å². The third-order valence-corrected chi connectivity index (χ3v) is 6.26. The molecule has 0 unspecified atom stereocenters. The average Bonchev–Trinajstić information content (AvgIpc) is 3.40. The lowest BCUT2D eigenvalue weighted by Gasteiger charge is -2.55. The highest BCUT2D eigenvalue weighted by molar-refractivity contribution is 5.83. The fourth-order valence-electron chi connectivity index (χ4n) is 4.67. The van der Waals surface area contributed by atoms with E-state index in [4.69, 9.17) is 0 Å². The summed E-state index contributed by atoms with van der Waals surface area (Å²) >= 11 is 0. The van der Waals surface area contributed by atoms with E-state index < -0.39 is 0 Å². The van der Waals surface area contributed by atoms with Crippen LogP contribution in [-0.2, 0) is 4.79 Å². The van der Waals surface area contributed by atoms with Crippen LogP contribution in [0.15, 0.2) is 30.3 Å². The largest absolute Gasteiger partial charge is 0.394 e. The van der Waals surface area contributed by atoms with Crippen LogP contribution in [0.3, 0.4) is 0 Å². The summed E-state index contributed by atoms with van der Waals surface area (Å²) in [7, 11) is 0. The maximum absolute atomic E-state index is 12.8. The van der Waals surface area contributed by atoms with Crippen LogP contribution < -0.4 is 10.6 Å². The van der Waals surface area contributed by atoms with Crippen molar-refractivity contribution in [2.45, 2.75) is 62.6 Å². The molecule has 27 heavy (non-hydrogen) atoms. The molecule has 0 bridgehead atoms. The van der Waals surface area contributed by atoms with Crippen molar-refractivity contribution in [3.63, 3.8) is 0 Å². The Bertz CT molecular complexity index is 671. The molecule has 1 saturated heterocycles. The Balaban J connectivity index is 1.44. The van der Waals surface area contributed by atoms with E-state index >= 15 is 0 Å². The summed E-state index contributed by atoms with van der Waals surface area (Å²) in [6.45, 7) is 0.357. The summed E-state index contributed by atoms with van der Waals surface area (Å²) in [5.41, 5.74) is 1.11. The lowest BCUT2D eigenvalue weighted by molar-refractivity contribution is -0.151. The monoisotopic (exact) mass is 371 g/mol. The van der Waals surface area contributed by atoms with Crippen LogP contribution in [0.5, 0.6) is 0 Å². The maximum Gasteiger partial charge on any atom is 0.315 e. The fourth-order valence-corrected chi connectivity index (χ4v) is 4.67. The van der Waals surface area contributed by atoms with Crippen molar-refractivity contribution in [1.82, 2.24) is 15.5 Å². The highest BCUT2D eigenvalue weighted by atomic mass is 16.3. The minimum absolute atomic E-state index is 0.0469. The Morgan fingerprint density at radius 3 is 2.37 bits per heavy atom. The molecule has 6 nitrogen and oxygen atoms in total. The number of benzene rings is 1. The molecule has 1 aliphatic heterocycles. The first kappa shape index (κ1) is 18.3. The molecular formula is C21H29N3O3. The van der Waals surface area contributed by atoms with E-state index in [-0.39, 0.29) is 48.5 Å². The van der Waals surface area contributed by atoms with Crippen LogP contribution in [-0.4, -0.2) is 53.2 Å². The Labute approximate surface area is 160 Å². The molecule has 1 aromatic rings. The zero-order chi connectivity index (χ0) is 18.8. The van der Waals surface area contributed by atoms with Gasteiger partial charge in [0.25, 0.3) is 0 Å². The molecule has 3 amide bonds. The van der Waals surface area contributed by atoms with Gasteiger partial charge in [-0.15, -0.1) is 0 Å². The SMILES string of the molecule is O=C(NC[C@@H]1[C@@H](c2ccccc2)[C@H](CO)N1C(=O)C1CC1)NC1CCCC1. The van der Waals surface area contributed by atoms with E-state index in [2.05, 4.69) is 10.6 Å². The summed E-state index contributed by atoms with van der Waals surface area (Å²) in [6.07, 6.45) is 6.30. The Kier molecular flexibility index (Phi) is 5.34. The van der Waals surface area contributed by atoms with Crippen LogP contribution in [0, 0.1) is 5.92 Å². The number of nitrogens with zero attached hydrogens (tertiary/aromatic N) is 1. The highest BCUT2D eigenvalue weighted by Crippen LogP contribution is 2.44. The van der Waals surface area contributed by atoms with E-state index in [1.807, 2.05) is 35.2 Å². The van der Waals surface area contributed by atoms with Gasteiger partial charge in [0, 0.05) is 24.4 Å². The van der Waals surface area contributed by atoms with Gasteiger partial charge in [0.1, 0.15) is 0 Å². The first-order chi connectivity index (χ1) is 13.2. The highest BCUT2D eigenvalue weighted by Gasteiger charge is 2.53. The number of aliphatic hydroxyl groups excluding tert-OH is 1. The van der Waals surface area contributed by atoms with Crippen LogP contribution in [0.4, 0.5) is 4.79 Å². The molecule has 3 atom stereocenters. The second kappa shape index (κ2) is 7.89. The average molecular weight is 371 g/mol. The number of carbonyl (C=O) groups is 2. The summed E-state index contributed by atoms with van der Waals surface area (Å²) in [6, 6.07) is 9.81. The van der Waals surface area contributed by atoms with Crippen molar-refractivity contribution in [2.24, 2.45) is 5.92 Å². The lowest BCUT2D eigenvalue weighted by atomic mass is 9.74. The van der Waals surface area contributed by atoms with E-state index in [1.54, 1.807) is 0 Å². The van der Waals surface area contributed by atoms with Crippen LogP contribution in [0.2, 0.25) is 0 Å². The molecule has 0 spiro atoms. The summed E-state index contributed by atoms with van der Waals surface area (Å²) in [5, 5.41) is 15.9. The quantitative estimate of drug-likeness (QED) is 0.715. The van der Waals surface area contributed by atoms with Gasteiger partial charge < -0.3 is 20.6 Å².